The van der Waals surface area contributed by atoms with Gasteiger partial charge in [0.2, 0.25) is 0 Å². The van der Waals surface area contributed by atoms with Crippen LogP contribution in [-0.4, -0.2) is 29.7 Å². The fourth-order valence-electron chi connectivity index (χ4n) is 3.01. The van der Waals surface area contributed by atoms with Crippen molar-refractivity contribution in [2.24, 2.45) is 5.73 Å². The minimum absolute atomic E-state index is 0.0950. The summed E-state index contributed by atoms with van der Waals surface area (Å²) < 4.78 is 20.4. The Hall–Kier alpha value is -3.46. The minimum Gasteiger partial charge on any atom is -0.488 e. The van der Waals surface area contributed by atoms with Crippen LogP contribution >= 0.6 is 0 Å². The molecule has 2 aromatic rings. The zero-order valence-corrected chi connectivity index (χ0v) is 14.8. The summed E-state index contributed by atoms with van der Waals surface area (Å²) in [6, 6.07) is 10.8. The number of hydrogen-bond donors (Lipinski definition) is 3. The number of aliphatic hydroxyl groups is 1. The molecular formula is C20H17FN4O3. The van der Waals surface area contributed by atoms with Crippen LogP contribution in [0, 0.1) is 28.5 Å². The molecule has 0 saturated heterocycles. The highest BCUT2D eigenvalue weighted by molar-refractivity contribution is 5.81. The van der Waals surface area contributed by atoms with E-state index in [-0.39, 0.29) is 25.1 Å². The Balaban J connectivity index is 1.87. The van der Waals surface area contributed by atoms with Crippen LogP contribution in [0.5, 0.6) is 5.75 Å². The van der Waals surface area contributed by atoms with Crippen LogP contribution < -0.4 is 15.8 Å². The van der Waals surface area contributed by atoms with Gasteiger partial charge in [-0.05, 0) is 41.0 Å². The molecule has 2 atom stereocenters. The molecule has 1 aliphatic rings. The monoisotopic (exact) mass is 380 g/mol. The molecule has 0 fully saturated rings. The van der Waals surface area contributed by atoms with Gasteiger partial charge in [0, 0.05) is 18.5 Å². The lowest BCUT2D eigenvalue weighted by Gasteiger charge is -2.22. The van der Waals surface area contributed by atoms with E-state index in [4.69, 9.17) is 15.7 Å². The number of aliphatic hydroxyl groups excluding tert-OH is 1. The summed E-state index contributed by atoms with van der Waals surface area (Å²) in [5, 5.41) is 30.0. The van der Waals surface area contributed by atoms with Gasteiger partial charge in [-0.2, -0.15) is 10.5 Å². The van der Waals surface area contributed by atoms with Crippen molar-refractivity contribution in [3.05, 3.63) is 52.8 Å². The number of nitrogens with two attached hydrogens (primary N) is 1. The van der Waals surface area contributed by atoms with Crippen LogP contribution in [0.4, 0.5) is 4.39 Å². The third-order valence-electron chi connectivity index (χ3n) is 4.48. The number of nitrogens with zero attached hydrogens (tertiary/aromatic N) is 2. The first-order valence-electron chi connectivity index (χ1n) is 8.53. The molecule has 1 heterocycles. The van der Waals surface area contributed by atoms with Gasteiger partial charge >= 0.3 is 0 Å². The standard InChI is InChI=1S/C20H17FN4O3/c21-17-6-16-15-2-1-11(7-22)3-13(15)10-28-19(16)5-12(17)4-14(8-23)25-20(27)18(26)9-24/h1-3,5-6,14,18,26H,4,9-10,24H2,(H,25,27)/t14-,18-/m0/s1. The maximum absolute atomic E-state index is 14.7. The zero-order chi connectivity index (χ0) is 20.3. The number of ether oxygens (including phenoxy) is 1. The summed E-state index contributed by atoms with van der Waals surface area (Å²) >= 11 is 0. The van der Waals surface area contributed by atoms with Crippen molar-refractivity contribution in [2.45, 2.75) is 25.2 Å². The van der Waals surface area contributed by atoms with E-state index < -0.39 is 23.9 Å². The summed E-state index contributed by atoms with van der Waals surface area (Å²) in [6.07, 6.45) is -1.52. The Morgan fingerprint density at radius 2 is 2.11 bits per heavy atom. The molecule has 28 heavy (non-hydrogen) atoms. The third-order valence-corrected chi connectivity index (χ3v) is 4.48. The lowest BCUT2D eigenvalue weighted by molar-refractivity contribution is -0.129. The van der Waals surface area contributed by atoms with Crippen LogP contribution in [0.15, 0.2) is 30.3 Å². The molecule has 4 N–H and O–H groups in total. The molecule has 7 nitrogen and oxygen atoms in total. The van der Waals surface area contributed by atoms with Gasteiger partial charge in [-0.15, -0.1) is 0 Å². The van der Waals surface area contributed by atoms with E-state index in [1.54, 1.807) is 18.2 Å². The van der Waals surface area contributed by atoms with Crippen molar-refractivity contribution >= 4 is 5.91 Å². The fraction of sp³-hybridized carbons (Fsp3) is 0.250. The van der Waals surface area contributed by atoms with Crippen molar-refractivity contribution in [1.82, 2.24) is 5.32 Å². The average molecular weight is 380 g/mol. The zero-order valence-electron chi connectivity index (χ0n) is 14.8. The summed E-state index contributed by atoms with van der Waals surface area (Å²) in [5.74, 6) is -0.877. The van der Waals surface area contributed by atoms with E-state index in [1.807, 2.05) is 6.07 Å². The van der Waals surface area contributed by atoms with Crippen molar-refractivity contribution in [2.75, 3.05) is 6.54 Å². The molecular weight excluding hydrogens is 363 g/mol. The molecule has 0 saturated carbocycles. The van der Waals surface area contributed by atoms with Gasteiger partial charge in [-0.1, -0.05) is 6.07 Å². The third kappa shape index (κ3) is 3.79. The van der Waals surface area contributed by atoms with Crippen LogP contribution in [0.1, 0.15) is 16.7 Å². The highest BCUT2D eigenvalue weighted by Crippen LogP contribution is 2.39. The van der Waals surface area contributed by atoms with Gasteiger partial charge in [0.1, 0.15) is 30.3 Å². The number of hydrogen-bond acceptors (Lipinski definition) is 6. The van der Waals surface area contributed by atoms with Crippen LogP contribution in [0.3, 0.4) is 0 Å². The Morgan fingerprint density at radius 3 is 2.79 bits per heavy atom. The average Bonchev–Trinajstić information content (AvgIpc) is 2.72. The molecule has 1 amide bonds. The highest BCUT2D eigenvalue weighted by atomic mass is 19.1. The van der Waals surface area contributed by atoms with Gasteiger partial charge in [0.05, 0.1) is 17.7 Å². The predicted octanol–water partition coefficient (Wildman–Crippen LogP) is 1.13. The van der Waals surface area contributed by atoms with Crippen LogP contribution in [0.2, 0.25) is 0 Å². The highest BCUT2D eigenvalue weighted by Gasteiger charge is 2.23. The molecule has 0 radical (unpaired) electrons. The first-order valence-corrected chi connectivity index (χ1v) is 8.53. The molecule has 142 valence electrons. The number of carbonyl (C=O) groups is 1. The van der Waals surface area contributed by atoms with E-state index in [1.165, 1.54) is 12.1 Å². The maximum atomic E-state index is 14.7. The number of benzene rings is 2. The normalized spacial score (nSPS) is 13.8. The molecule has 1 aliphatic heterocycles. The second-order valence-electron chi connectivity index (χ2n) is 6.36. The number of amides is 1. The van der Waals surface area contributed by atoms with Crippen molar-refractivity contribution in [3.8, 4) is 29.0 Å². The number of carbonyl (C=O) groups excluding carboxylic acids is 1. The number of nitriles is 2. The van der Waals surface area contributed by atoms with E-state index in [2.05, 4.69) is 11.4 Å². The fourth-order valence-corrected chi connectivity index (χ4v) is 3.01. The van der Waals surface area contributed by atoms with Crippen LogP contribution in [0.25, 0.3) is 11.1 Å². The second-order valence-corrected chi connectivity index (χ2v) is 6.36. The lowest BCUT2D eigenvalue weighted by atomic mass is 9.93. The maximum Gasteiger partial charge on any atom is 0.251 e. The summed E-state index contributed by atoms with van der Waals surface area (Å²) in [4.78, 5) is 11.7. The SMILES string of the molecule is N#Cc1ccc2c(c1)COc1cc(C[C@@H](C#N)NC(=O)[C@@H](O)CN)c(F)cc1-2. The molecule has 0 bridgehead atoms. The first-order chi connectivity index (χ1) is 13.5. The van der Waals surface area contributed by atoms with Crippen molar-refractivity contribution < 1.29 is 19.0 Å². The number of fused-ring (bicyclic) bond motifs is 3. The molecule has 0 unspecified atom stereocenters. The summed E-state index contributed by atoms with van der Waals surface area (Å²) in [7, 11) is 0. The number of rotatable bonds is 5. The molecule has 2 aromatic carbocycles. The van der Waals surface area contributed by atoms with E-state index >= 15 is 0 Å². The van der Waals surface area contributed by atoms with Crippen molar-refractivity contribution in [3.63, 3.8) is 0 Å². The molecule has 0 spiro atoms. The Kier molecular flexibility index (Phi) is 5.55. The smallest absolute Gasteiger partial charge is 0.251 e. The van der Waals surface area contributed by atoms with E-state index in [9.17, 15) is 19.6 Å². The molecule has 3 rings (SSSR count). The van der Waals surface area contributed by atoms with E-state index in [0.29, 0.717) is 16.9 Å². The summed E-state index contributed by atoms with van der Waals surface area (Å²) in [6.45, 7) is -0.0397. The number of nitrogens with one attached hydrogen (secondary N) is 1. The quantitative estimate of drug-likeness (QED) is 0.712. The topological polar surface area (TPSA) is 132 Å². The molecule has 0 aliphatic carbocycles. The summed E-state index contributed by atoms with van der Waals surface area (Å²) in [5.41, 5.74) is 8.03. The lowest BCUT2D eigenvalue weighted by Crippen LogP contribution is -2.44. The Morgan fingerprint density at radius 1 is 1.32 bits per heavy atom. The first kappa shape index (κ1) is 19.3. The van der Waals surface area contributed by atoms with Gasteiger partial charge in [0.15, 0.2) is 0 Å². The van der Waals surface area contributed by atoms with Gasteiger partial charge < -0.3 is 20.9 Å². The molecule has 8 heteroatoms. The van der Waals surface area contributed by atoms with Gasteiger partial charge in [-0.25, -0.2) is 4.39 Å². The van der Waals surface area contributed by atoms with E-state index in [0.717, 1.165) is 11.1 Å². The second kappa shape index (κ2) is 8.05. The predicted molar refractivity (Wildman–Crippen MR) is 97.2 cm³/mol. The molecule has 0 aromatic heterocycles. The largest absolute Gasteiger partial charge is 0.488 e. The van der Waals surface area contributed by atoms with Crippen molar-refractivity contribution in [1.29, 1.82) is 10.5 Å². The minimum atomic E-state index is -1.43. The van der Waals surface area contributed by atoms with Crippen LogP contribution in [-0.2, 0) is 17.8 Å². The van der Waals surface area contributed by atoms with Gasteiger partial charge in [-0.3, -0.25) is 4.79 Å². The van der Waals surface area contributed by atoms with Gasteiger partial charge in [0.25, 0.3) is 5.91 Å². The Bertz CT molecular complexity index is 1010. The Labute approximate surface area is 160 Å². The number of halogens is 1.